The lowest BCUT2D eigenvalue weighted by Crippen LogP contribution is -2.51. The quantitative estimate of drug-likeness (QED) is 0.0166. The van der Waals surface area contributed by atoms with Gasteiger partial charge in [-0.2, -0.15) is 0 Å². The highest BCUT2D eigenvalue weighted by atomic mass is 35.5. The molecule has 0 spiro atoms. The molecule has 0 aliphatic carbocycles. The lowest BCUT2D eigenvalue weighted by molar-refractivity contribution is -0.157. The molecule has 22 heteroatoms. The molecule has 3 aromatic rings. The van der Waals surface area contributed by atoms with Crippen molar-refractivity contribution in [3.05, 3.63) is 82.6 Å². The first-order valence-electron chi connectivity index (χ1n) is 39.4. The lowest BCUT2D eigenvalue weighted by atomic mass is 9.61. The predicted molar refractivity (Wildman–Crippen MR) is 466 cm³/mol. The molecule has 5 rings (SSSR count). The van der Waals surface area contributed by atoms with Gasteiger partial charge in [0, 0.05) is 52.7 Å². The molecule has 4 N–H and O–H groups in total. The van der Waals surface area contributed by atoms with Gasteiger partial charge in [0.05, 0.1) is 59.2 Å². The van der Waals surface area contributed by atoms with Crippen LogP contribution in [0.25, 0.3) is 6.08 Å². The normalized spacial score (nSPS) is 23.5. The summed E-state index contributed by atoms with van der Waals surface area (Å²) < 4.78 is 28.6. The van der Waals surface area contributed by atoms with E-state index in [2.05, 4.69) is 214 Å². The number of esters is 1. The molecule has 2 aliphatic rings. The second-order valence-corrected chi connectivity index (χ2v) is 45.3. The Morgan fingerprint density at radius 2 is 1.10 bits per heavy atom. The maximum absolute atomic E-state index is 13.9. The van der Waals surface area contributed by atoms with Crippen LogP contribution in [0, 0.1) is 103 Å². The van der Waals surface area contributed by atoms with Gasteiger partial charge in [0.25, 0.3) is 0 Å². The van der Waals surface area contributed by atoms with Crippen molar-refractivity contribution in [3.8, 4) is 0 Å². The summed E-state index contributed by atoms with van der Waals surface area (Å²) >= 11 is 6.95. The van der Waals surface area contributed by atoms with Crippen molar-refractivity contribution in [2.75, 3.05) is 24.7 Å². The summed E-state index contributed by atoms with van der Waals surface area (Å²) in [5.74, 6) is 1.72. The minimum absolute atomic E-state index is 0.0413. The van der Waals surface area contributed by atoms with Gasteiger partial charge in [0.15, 0.2) is 0 Å². The van der Waals surface area contributed by atoms with Crippen LogP contribution in [0.4, 0.5) is 9.59 Å². The van der Waals surface area contributed by atoms with Crippen molar-refractivity contribution in [3.63, 3.8) is 0 Å². The van der Waals surface area contributed by atoms with E-state index in [0.29, 0.717) is 37.0 Å². The number of carbonyl (C=O) groups is 4. The summed E-state index contributed by atoms with van der Waals surface area (Å²) in [6, 6.07) is 11.6. The van der Waals surface area contributed by atoms with E-state index in [-0.39, 0.29) is 116 Å². The molecule has 0 aromatic carbocycles. The van der Waals surface area contributed by atoms with Gasteiger partial charge in [-0.3, -0.25) is 9.59 Å². The number of aliphatic hydroxyl groups excluding tert-OH is 4. The molecular weight excluding hydrogens is 1500 g/mol. The largest absolute Gasteiger partial charge is 0.508 e. The van der Waals surface area contributed by atoms with E-state index < -0.39 is 52.6 Å². The highest BCUT2D eigenvalue weighted by Crippen LogP contribution is 2.48. The summed E-state index contributed by atoms with van der Waals surface area (Å²) in [6.45, 7) is 73.5. The minimum atomic E-state index is -1.25. The number of ether oxygens (including phenoxy) is 5. The van der Waals surface area contributed by atoms with Crippen LogP contribution in [0.3, 0.4) is 0 Å². The number of carbonyl (C=O) groups excluding carboxylic acids is 4. The van der Waals surface area contributed by atoms with Crippen LogP contribution in [-0.2, 0) is 33.3 Å². The summed E-state index contributed by atoms with van der Waals surface area (Å²) in [6.07, 6.45) is 6.74. The van der Waals surface area contributed by atoms with E-state index in [9.17, 15) is 34.5 Å². The van der Waals surface area contributed by atoms with E-state index in [1.54, 1.807) is 80.8 Å². The maximum atomic E-state index is 13.9. The van der Waals surface area contributed by atoms with Gasteiger partial charge in [-0.25, -0.2) is 24.5 Å². The summed E-state index contributed by atoms with van der Waals surface area (Å²) in [4.78, 5) is 63.3. The van der Waals surface area contributed by atoms with Crippen LogP contribution in [-0.4, -0.2) is 132 Å². The number of aromatic nitrogens is 3. The van der Waals surface area contributed by atoms with E-state index in [0.717, 1.165) is 32.1 Å². The van der Waals surface area contributed by atoms with Crippen molar-refractivity contribution >= 4 is 95.5 Å². The zero-order valence-electron chi connectivity index (χ0n) is 74.3. The zero-order chi connectivity index (χ0) is 85.5. The van der Waals surface area contributed by atoms with Gasteiger partial charge < -0.3 is 44.1 Å². The number of fused-ring (bicyclic) bond motifs is 1. The van der Waals surface area contributed by atoms with Gasteiger partial charge >= 0.3 is 17.6 Å². The van der Waals surface area contributed by atoms with Crippen LogP contribution < -0.4 is 0 Å². The first kappa shape index (κ1) is 105. The third-order valence-electron chi connectivity index (χ3n) is 23.8. The second-order valence-electron chi connectivity index (χ2n) is 39.1. The Bertz CT molecular complexity index is 3210. The standard InChI is InChI=1S/C33H51NO6S.C21H35NO3S2.C14H27ClO2.C13H28O.C7H9NOS2/c1-19(15-23-18-41-22(4)34-23)24-16-26-33(11,40-26)14-12-13-30(5,6)20(2)28(37)21(3)31(7,8)29(38)32(9,10)25(35)17-27(36)39-24;1-15(20(3,4)5)18(16(2)21(6,7)8)25-19(23)24-13-14-26-27-17-11-9-10-12-22-17;1-9(13(3,4)5)11(17-12(15)16)10(2)14(6,7)8;1-9(12(3,4)5)11(14)10(2)13(6,7)8;9-5-6-10-11-7-3-1-2-4-8-7/h12-13,15,18,20-21,24-26,28,35,37H,14,16-17H2,1-11H3;9-12,15-16,18H,13-14H2,1-8H3;9-11H,1-8H3;9-11,14H,1-8H3;1-4,9H,5-6H2/b13-12-,19-15+;;;;/t20-,21-,24?,25+,26?,28+,33-;15-,16-;2*9-,10-;/m1111./s1. The molecule has 16 nitrogen and oxygen atoms in total. The predicted octanol–water partition coefficient (Wildman–Crippen LogP) is 23.6. The number of hydrogen-bond acceptors (Lipinski definition) is 21. The fourth-order valence-corrected chi connectivity index (χ4v) is 16.1. The molecule has 632 valence electrons. The van der Waals surface area contributed by atoms with Crippen LogP contribution in [0.5, 0.6) is 0 Å². The van der Waals surface area contributed by atoms with E-state index in [1.807, 2.05) is 89.4 Å². The number of ketones is 1. The third-order valence-corrected chi connectivity index (χ3v) is 29.2. The molecule has 0 amide bonds. The first-order chi connectivity index (χ1) is 49.9. The second kappa shape index (κ2) is 44.9. The number of pyridine rings is 2. The van der Waals surface area contributed by atoms with Crippen molar-refractivity contribution < 1.29 is 63.3 Å². The molecular formula is C88H150ClN3O13S5. The number of aliphatic hydroxyl groups is 4. The Morgan fingerprint density at radius 3 is 1.49 bits per heavy atom. The molecule has 2 aliphatic heterocycles. The van der Waals surface area contributed by atoms with Crippen molar-refractivity contribution in [2.24, 2.45) is 96.1 Å². The number of cyclic esters (lactones) is 1. The lowest BCUT2D eigenvalue weighted by Gasteiger charge is -2.44. The Kier molecular flexibility index (Phi) is 42.8. The highest BCUT2D eigenvalue weighted by Gasteiger charge is 2.54. The van der Waals surface area contributed by atoms with Gasteiger partial charge in [0.2, 0.25) is 0 Å². The number of nitrogens with zero attached hydrogens (tertiary/aromatic N) is 3. The molecule has 13 atom stereocenters. The minimum Gasteiger partial charge on any atom is -0.458 e. The Balaban J connectivity index is 0.000000752. The SMILES string of the molecule is C/C(=C\c1csc(C)n1)C1CC2O[C@]2(C)C/C=C\C(C)(C)[C@H](C)[C@H](O)[C@@H](C)C(C)(C)C(=O)C(C)(C)[C@@H](O)CC(=O)O1.C[C@H](C(O)[C@@H](C)C(C)(C)C)C(C)(C)C.C[C@H](C(OC(=O)Cl)[C@@H](C)C(C)(C)C)C(C)(C)C.C[C@H](C(OC(=O)OCCSSc1ccccn1)[C@@H](C)C(C)(C)C)C(C)(C)C.OCCSSc1ccccn1. The van der Waals surface area contributed by atoms with E-state index in [1.165, 1.54) is 0 Å². The zero-order valence-corrected chi connectivity index (χ0v) is 79.1. The molecule has 110 heavy (non-hydrogen) atoms. The summed E-state index contributed by atoms with van der Waals surface area (Å²) in [7, 11) is 6.39. The smallest absolute Gasteiger partial charge is 0.458 e. The van der Waals surface area contributed by atoms with Crippen molar-refractivity contribution in [2.45, 2.75) is 320 Å². The fourth-order valence-electron chi connectivity index (χ4n) is 12.1. The van der Waals surface area contributed by atoms with Crippen LogP contribution in [0.2, 0.25) is 0 Å². The summed E-state index contributed by atoms with van der Waals surface area (Å²) in [5, 5.41) is 46.3. The molecule has 1 fully saturated rings. The molecule has 2 unspecified atom stereocenters. The van der Waals surface area contributed by atoms with Gasteiger partial charge in [0.1, 0.15) is 40.8 Å². The van der Waals surface area contributed by atoms with Crippen LogP contribution in [0.15, 0.2) is 81.9 Å². The molecule has 0 saturated carbocycles. The number of rotatable bonds is 19. The number of thiazole rings is 1. The van der Waals surface area contributed by atoms with Crippen LogP contribution >= 0.6 is 66.1 Å². The number of Topliss-reactive ketones (excluding diaryl/α,β-unsaturated/α-hetero) is 1. The number of epoxide rings is 1. The third kappa shape index (κ3) is 35.7. The van der Waals surface area contributed by atoms with Crippen molar-refractivity contribution in [1.29, 1.82) is 0 Å². The van der Waals surface area contributed by atoms with Gasteiger partial charge in [-0.05, 0) is 170 Å². The average Bonchev–Trinajstić information content (AvgIpc) is 1.52. The molecule has 3 aromatic heterocycles. The topological polar surface area (TPSA) is 237 Å². The van der Waals surface area contributed by atoms with E-state index in [4.69, 9.17) is 40.4 Å². The fraction of sp³-hybridized carbons (Fsp3) is 0.761. The molecule has 0 bridgehead atoms. The average molecular weight is 1650 g/mol. The summed E-state index contributed by atoms with van der Waals surface area (Å²) in [5.41, 5.74) is -1.37. The Labute approximate surface area is 692 Å². The highest BCUT2D eigenvalue weighted by molar-refractivity contribution is 8.77. The Morgan fingerprint density at radius 1 is 0.664 bits per heavy atom. The van der Waals surface area contributed by atoms with Gasteiger partial charge in [-0.1, -0.05) is 267 Å². The monoisotopic (exact) mass is 1650 g/mol. The first-order valence-corrected chi connectivity index (χ1v) is 45.3. The Hall–Kier alpha value is -3.22. The van der Waals surface area contributed by atoms with Gasteiger partial charge in [-0.15, -0.1) is 11.3 Å². The van der Waals surface area contributed by atoms with Crippen LogP contribution in [0.1, 0.15) is 265 Å². The molecule has 0 radical (unpaired) electrons. The number of hydrogen-bond donors (Lipinski definition) is 4. The number of allylic oxidation sites excluding steroid dienone is 1. The molecule has 5 heterocycles. The maximum Gasteiger partial charge on any atom is 0.508 e. The number of aryl methyl sites for hydroxylation is 1. The molecule has 1 saturated heterocycles. The van der Waals surface area contributed by atoms with E-state index >= 15 is 0 Å². The number of halogens is 1. The van der Waals surface area contributed by atoms with Crippen molar-refractivity contribution in [1.82, 2.24) is 15.0 Å².